The first-order chi connectivity index (χ1) is 15.3. The Bertz CT molecular complexity index is 589. The van der Waals surface area contributed by atoms with Gasteiger partial charge in [0.15, 0.2) is 0 Å². The molecular weight excluding hydrogens is 408 g/mol. The zero-order valence-electron chi connectivity index (χ0n) is 23.3. The zero-order valence-corrected chi connectivity index (χ0v) is 23.3. The maximum absolute atomic E-state index is 10.6. The minimum Gasteiger partial charge on any atom is -0.390 e. The molecule has 4 unspecified atom stereocenters. The fraction of sp³-hybridized carbons (Fsp3) is 0.867. The molecule has 194 valence electrons. The Kier molecular flexibility index (Phi) is 13.5. The second kappa shape index (κ2) is 14.7. The Balaban J connectivity index is 2.19. The molecule has 3 heteroatoms. The van der Waals surface area contributed by atoms with E-state index in [1.165, 1.54) is 36.8 Å². The van der Waals surface area contributed by atoms with Crippen LogP contribution in [0.15, 0.2) is 23.8 Å². The summed E-state index contributed by atoms with van der Waals surface area (Å²) in [6.45, 7) is 23.3. The molecule has 0 amide bonds. The maximum atomic E-state index is 10.6. The third-order valence-corrected chi connectivity index (χ3v) is 7.73. The van der Waals surface area contributed by atoms with Gasteiger partial charge in [-0.3, -0.25) is 0 Å². The smallest absolute Gasteiger partial charge is 0.0912 e. The molecule has 0 aromatic heterocycles. The van der Waals surface area contributed by atoms with Gasteiger partial charge in [0, 0.05) is 13.2 Å². The van der Waals surface area contributed by atoms with Crippen LogP contribution in [-0.2, 0) is 9.47 Å². The fourth-order valence-electron chi connectivity index (χ4n) is 4.80. The number of hydrogen-bond acceptors (Lipinski definition) is 3. The van der Waals surface area contributed by atoms with Crippen molar-refractivity contribution in [1.82, 2.24) is 0 Å². The zero-order chi connectivity index (χ0) is 25.1. The van der Waals surface area contributed by atoms with Gasteiger partial charge < -0.3 is 14.6 Å². The van der Waals surface area contributed by atoms with Crippen molar-refractivity contribution in [3.8, 4) is 0 Å². The second-order valence-electron chi connectivity index (χ2n) is 12.1. The van der Waals surface area contributed by atoms with Gasteiger partial charge in [0.05, 0.1) is 17.3 Å². The highest BCUT2D eigenvalue weighted by Crippen LogP contribution is 2.38. The van der Waals surface area contributed by atoms with Gasteiger partial charge in [-0.1, -0.05) is 50.5 Å². The molecule has 0 radical (unpaired) electrons. The minimum absolute atomic E-state index is 0.0463. The van der Waals surface area contributed by atoms with Crippen LogP contribution in [0.1, 0.15) is 120 Å². The van der Waals surface area contributed by atoms with Crippen LogP contribution in [0.5, 0.6) is 0 Å². The summed E-state index contributed by atoms with van der Waals surface area (Å²) in [6, 6.07) is 0. The van der Waals surface area contributed by atoms with Crippen molar-refractivity contribution in [2.75, 3.05) is 13.2 Å². The highest BCUT2D eigenvalue weighted by molar-refractivity contribution is 5.03. The van der Waals surface area contributed by atoms with Crippen LogP contribution in [0.2, 0.25) is 0 Å². The average molecular weight is 465 g/mol. The van der Waals surface area contributed by atoms with E-state index in [1.807, 2.05) is 0 Å². The van der Waals surface area contributed by atoms with Gasteiger partial charge in [0.2, 0.25) is 0 Å². The standard InChI is InChI=1S/C30H56O3/c1-23(2)12-10-13-25(5)16-20-32-29(7,8)18-11-14-26(6)17-21-33-30(9)19-15-27(24(3)4)22-28(30)31/h12,25-28,31H,3,10-11,13-22H2,1-2,4-9H3/t25?,26?,27-,28?,30?/m0/s1. The summed E-state index contributed by atoms with van der Waals surface area (Å²) < 4.78 is 12.5. The van der Waals surface area contributed by atoms with Crippen LogP contribution in [0.4, 0.5) is 0 Å². The molecular formula is C30H56O3. The Morgan fingerprint density at radius 2 is 1.73 bits per heavy atom. The average Bonchev–Trinajstić information content (AvgIpc) is 2.69. The molecule has 3 nitrogen and oxygen atoms in total. The Morgan fingerprint density at radius 3 is 2.33 bits per heavy atom. The molecule has 1 rings (SSSR count). The summed E-state index contributed by atoms with van der Waals surface area (Å²) in [5.74, 6) is 1.78. The molecule has 0 spiro atoms. The molecule has 0 bridgehead atoms. The number of rotatable bonds is 16. The summed E-state index contributed by atoms with van der Waals surface area (Å²) in [6.07, 6.45) is 12.8. The quantitative estimate of drug-likeness (QED) is 0.234. The topological polar surface area (TPSA) is 38.7 Å². The van der Waals surface area contributed by atoms with E-state index in [0.29, 0.717) is 17.8 Å². The fourth-order valence-corrected chi connectivity index (χ4v) is 4.80. The van der Waals surface area contributed by atoms with Gasteiger partial charge in [0.25, 0.3) is 0 Å². The van der Waals surface area contributed by atoms with Gasteiger partial charge in [-0.05, 0) is 111 Å². The van der Waals surface area contributed by atoms with Crippen molar-refractivity contribution >= 4 is 0 Å². The summed E-state index contributed by atoms with van der Waals surface area (Å²) in [5.41, 5.74) is 2.16. The number of aliphatic hydroxyl groups excluding tert-OH is 1. The van der Waals surface area contributed by atoms with E-state index >= 15 is 0 Å². The van der Waals surface area contributed by atoms with Gasteiger partial charge in [-0.2, -0.15) is 0 Å². The van der Waals surface area contributed by atoms with E-state index in [9.17, 15) is 5.11 Å². The van der Waals surface area contributed by atoms with Gasteiger partial charge in [-0.15, -0.1) is 0 Å². The normalized spacial score (nSPS) is 25.5. The molecule has 1 aliphatic rings. The van der Waals surface area contributed by atoms with E-state index in [1.54, 1.807) is 0 Å². The van der Waals surface area contributed by atoms with Crippen LogP contribution in [0.3, 0.4) is 0 Å². The molecule has 1 saturated carbocycles. The van der Waals surface area contributed by atoms with E-state index < -0.39 is 11.7 Å². The molecule has 0 heterocycles. The predicted molar refractivity (Wildman–Crippen MR) is 143 cm³/mol. The first-order valence-electron chi connectivity index (χ1n) is 13.6. The van der Waals surface area contributed by atoms with Crippen LogP contribution < -0.4 is 0 Å². The van der Waals surface area contributed by atoms with Crippen molar-refractivity contribution in [3.63, 3.8) is 0 Å². The van der Waals surface area contributed by atoms with Crippen LogP contribution >= 0.6 is 0 Å². The molecule has 33 heavy (non-hydrogen) atoms. The van der Waals surface area contributed by atoms with Crippen molar-refractivity contribution in [1.29, 1.82) is 0 Å². The maximum Gasteiger partial charge on any atom is 0.0912 e. The number of ether oxygens (including phenoxy) is 2. The highest BCUT2D eigenvalue weighted by Gasteiger charge is 2.40. The second-order valence-corrected chi connectivity index (χ2v) is 12.1. The van der Waals surface area contributed by atoms with Crippen LogP contribution in [-0.4, -0.2) is 35.6 Å². The Labute approximate surface area is 206 Å². The van der Waals surface area contributed by atoms with Gasteiger partial charge in [-0.25, -0.2) is 0 Å². The lowest BCUT2D eigenvalue weighted by atomic mass is 9.75. The molecule has 1 fully saturated rings. The Hall–Kier alpha value is -0.640. The Morgan fingerprint density at radius 1 is 1.09 bits per heavy atom. The summed E-state index contributed by atoms with van der Waals surface area (Å²) in [5, 5.41) is 10.6. The molecule has 5 atom stereocenters. The van der Waals surface area contributed by atoms with E-state index in [0.717, 1.165) is 51.7 Å². The first-order valence-corrected chi connectivity index (χ1v) is 13.6. The van der Waals surface area contributed by atoms with Crippen molar-refractivity contribution in [3.05, 3.63) is 23.8 Å². The highest BCUT2D eigenvalue weighted by atomic mass is 16.5. The van der Waals surface area contributed by atoms with E-state index in [2.05, 4.69) is 68.0 Å². The van der Waals surface area contributed by atoms with Crippen LogP contribution in [0, 0.1) is 17.8 Å². The largest absolute Gasteiger partial charge is 0.390 e. The summed E-state index contributed by atoms with van der Waals surface area (Å²) in [4.78, 5) is 0. The molecule has 1 aliphatic carbocycles. The number of hydrogen-bond donors (Lipinski definition) is 1. The van der Waals surface area contributed by atoms with E-state index in [4.69, 9.17) is 9.47 Å². The van der Waals surface area contributed by atoms with Crippen molar-refractivity contribution < 1.29 is 14.6 Å². The lowest BCUT2D eigenvalue weighted by Gasteiger charge is -2.42. The molecule has 0 aromatic carbocycles. The number of allylic oxidation sites excluding steroid dienone is 3. The van der Waals surface area contributed by atoms with E-state index in [-0.39, 0.29) is 5.60 Å². The first kappa shape index (κ1) is 30.4. The van der Waals surface area contributed by atoms with Crippen LogP contribution in [0.25, 0.3) is 0 Å². The van der Waals surface area contributed by atoms with Crippen molar-refractivity contribution in [2.45, 2.75) is 137 Å². The van der Waals surface area contributed by atoms with Crippen molar-refractivity contribution in [2.24, 2.45) is 17.8 Å². The number of aliphatic hydroxyl groups is 1. The molecule has 0 saturated heterocycles. The van der Waals surface area contributed by atoms with Gasteiger partial charge >= 0.3 is 0 Å². The minimum atomic E-state index is -0.399. The lowest BCUT2D eigenvalue weighted by molar-refractivity contribution is -0.140. The monoisotopic (exact) mass is 464 g/mol. The summed E-state index contributed by atoms with van der Waals surface area (Å²) in [7, 11) is 0. The molecule has 0 aliphatic heterocycles. The SMILES string of the molecule is C=C(C)[C@H]1CCC(C)(OCCC(C)CCCC(C)(C)OCCC(C)CCC=C(C)C)C(O)C1. The predicted octanol–water partition coefficient (Wildman–Crippen LogP) is 8.26. The molecule has 0 aromatic rings. The summed E-state index contributed by atoms with van der Waals surface area (Å²) >= 11 is 0. The third kappa shape index (κ3) is 12.6. The molecule has 1 N–H and O–H groups in total. The lowest BCUT2D eigenvalue weighted by Crippen LogP contribution is -2.47. The third-order valence-electron chi connectivity index (χ3n) is 7.73. The van der Waals surface area contributed by atoms with Gasteiger partial charge in [0.1, 0.15) is 0 Å².